The van der Waals surface area contributed by atoms with Gasteiger partial charge in [0.05, 0.1) is 12.1 Å². The Balaban J connectivity index is 1.32. The van der Waals surface area contributed by atoms with Gasteiger partial charge in [-0.3, -0.25) is 4.79 Å². The molecular weight excluding hydrogens is 266 g/mol. The summed E-state index contributed by atoms with van der Waals surface area (Å²) in [5.41, 5.74) is 0.305. The maximum Gasteiger partial charge on any atom is 0.239 e. The Hall–Kier alpha value is -0.650. The number of unbranched alkanes of at least 4 members (excludes halogenated alkanes) is 1. The van der Waals surface area contributed by atoms with Crippen LogP contribution in [0.4, 0.5) is 0 Å². The van der Waals surface area contributed by atoms with Crippen LogP contribution in [0.5, 0.6) is 0 Å². The monoisotopic (exact) mass is 295 g/mol. The average Bonchev–Trinajstić information content (AvgIpc) is 3.24. The molecule has 2 saturated heterocycles. The van der Waals surface area contributed by atoms with Crippen molar-refractivity contribution in [1.29, 1.82) is 0 Å². The predicted molar refractivity (Wildman–Crippen MR) is 82.0 cm³/mol. The Morgan fingerprint density at radius 1 is 1.24 bits per heavy atom. The first-order valence-corrected chi connectivity index (χ1v) is 8.53. The van der Waals surface area contributed by atoms with E-state index in [0.29, 0.717) is 5.41 Å². The van der Waals surface area contributed by atoms with Crippen LogP contribution in [0.25, 0.3) is 0 Å². The third kappa shape index (κ3) is 3.41. The summed E-state index contributed by atoms with van der Waals surface area (Å²) in [6.45, 7) is 7.62. The van der Waals surface area contributed by atoms with E-state index in [0.717, 1.165) is 52.1 Å². The van der Waals surface area contributed by atoms with Gasteiger partial charge in [-0.15, -0.1) is 0 Å². The van der Waals surface area contributed by atoms with E-state index < -0.39 is 0 Å². The number of nitrogens with zero attached hydrogens (tertiary/aromatic N) is 2. The molecule has 1 aliphatic carbocycles. The summed E-state index contributed by atoms with van der Waals surface area (Å²) in [6.07, 6.45) is 5.70. The fourth-order valence-corrected chi connectivity index (χ4v) is 3.77. The number of rotatable bonds is 5. The predicted octanol–water partition coefficient (Wildman–Crippen LogP) is 0.434. The molecule has 1 spiro atoms. The number of β-amino-alcohol motifs (C(OH)–C–C–N with tert-alkyl or cyclic N) is 1. The maximum absolute atomic E-state index is 12.0. The number of nitrogens with one attached hydrogen (secondary N) is 1. The lowest BCUT2D eigenvalue weighted by molar-refractivity contribution is -0.135. The van der Waals surface area contributed by atoms with Gasteiger partial charge in [-0.05, 0) is 57.5 Å². The Morgan fingerprint density at radius 3 is 2.71 bits per heavy atom. The number of carbonyl (C=O) groups is 1. The molecule has 0 aromatic heterocycles. The third-order valence-electron chi connectivity index (χ3n) is 5.62. The molecule has 2 atom stereocenters. The summed E-state index contributed by atoms with van der Waals surface area (Å²) in [4.78, 5) is 16.4. The third-order valence-corrected chi connectivity index (χ3v) is 5.62. The summed E-state index contributed by atoms with van der Waals surface area (Å²) in [7, 11) is 0. The molecule has 120 valence electrons. The zero-order chi connectivity index (χ0) is 14.9. The van der Waals surface area contributed by atoms with Crippen molar-refractivity contribution in [3.8, 4) is 0 Å². The van der Waals surface area contributed by atoms with Crippen molar-refractivity contribution in [3.05, 3.63) is 0 Å². The maximum atomic E-state index is 12.0. The highest BCUT2D eigenvalue weighted by molar-refractivity contribution is 5.82. The van der Waals surface area contributed by atoms with Crippen LogP contribution < -0.4 is 5.32 Å². The first kappa shape index (κ1) is 15.3. The van der Waals surface area contributed by atoms with E-state index in [1.54, 1.807) is 0 Å². The van der Waals surface area contributed by atoms with Gasteiger partial charge in [0.2, 0.25) is 5.91 Å². The van der Waals surface area contributed by atoms with Crippen LogP contribution in [0.1, 0.15) is 39.0 Å². The number of amides is 1. The van der Waals surface area contributed by atoms with Crippen molar-refractivity contribution < 1.29 is 9.90 Å². The molecule has 0 radical (unpaired) electrons. The second kappa shape index (κ2) is 6.23. The SMILES string of the molecule is CC1NCCN(CCCCN2CCC3(CC3)C(O)C2)C1=O. The van der Waals surface area contributed by atoms with Gasteiger partial charge in [0.1, 0.15) is 0 Å². The molecule has 2 N–H and O–H groups in total. The van der Waals surface area contributed by atoms with Gasteiger partial charge in [0, 0.05) is 26.2 Å². The van der Waals surface area contributed by atoms with E-state index in [1.807, 2.05) is 11.8 Å². The second-order valence-electron chi connectivity index (χ2n) is 7.14. The van der Waals surface area contributed by atoms with Crippen molar-refractivity contribution in [3.63, 3.8) is 0 Å². The molecular formula is C16H29N3O2. The molecule has 1 saturated carbocycles. The number of hydrogen-bond donors (Lipinski definition) is 2. The van der Waals surface area contributed by atoms with Gasteiger partial charge in [-0.25, -0.2) is 0 Å². The lowest BCUT2D eigenvalue weighted by Gasteiger charge is -2.36. The first-order chi connectivity index (χ1) is 10.1. The molecule has 3 rings (SSSR count). The Kier molecular flexibility index (Phi) is 4.52. The fraction of sp³-hybridized carbons (Fsp3) is 0.938. The molecule has 1 amide bonds. The van der Waals surface area contributed by atoms with Gasteiger partial charge in [-0.1, -0.05) is 0 Å². The smallest absolute Gasteiger partial charge is 0.239 e. The summed E-state index contributed by atoms with van der Waals surface area (Å²) in [5.74, 6) is 0.241. The van der Waals surface area contributed by atoms with Crippen molar-refractivity contribution in [2.75, 3.05) is 39.3 Å². The van der Waals surface area contributed by atoms with Crippen LogP contribution in [0, 0.1) is 5.41 Å². The summed E-state index contributed by atoms with van der Waals surface area (Å²) in [6, 6.07) is -0.0225. The van der Waals surface area contributed by atoms with E-state index >= 15 is 0 Å². The molecule has 2 aliphatic heterocycles. The Bertz CT molecular complexity index is 384. The van der Waals surface area contributed by atoms with Crippen LogP contribution in [0.15, 0.2) is 0 Å². The molecule has 21 heavy (non-hydrogen) atoms. The fourth-order valence-electron chi connectivity index (χ4n) is 3.77. The largest absolute Gasteiger partial charge is 0.391 e. The van der Waals surface area contributed by atoms with E-state index in [1.165, 1.54) is 19.3 Å². The molecule has 0 aromatic rings. The number of hydrogen-bond acceptors (Lipinski definition) is 4. The standard InChI is InChI=1S/C16H29N3O2/c1-13-15(21)19(11-7-17-13)9-3-2-8-18-10-6-16(4-5-16)14(20)12-18/h13-14,17,20H,2-12H2,1H3. The molecule has 2 heterocycles. The minimum atomic E-state index is -0.109. The number of likely N-dealkylation sites (tertiary alicyclic amines) is 1. The van der Waals surface area contributed by atoms with E-state index in [2.05, 4.69) is 10.2 Å². The highest BCUT2D eigenvalue weighted by Gasteiger charge is 2.50. The van der Waals surface area contributed by atoms with Crippen molar-refractivity contribution >= 4 is 5.91 Å². The van der Waals surface area contributed by atoms with E-state index in [4.69, 9.17) is 0 Å². The zero-order valence-electron chi connectivity index (χ0n) is 13.2. The molecule has 2 unspecified atom stereocenters. The van der Waals surface area contributed by atoms with Crippen molar-refractivity contribution in [2.24, 2.45) is 5.41 Å². The molecule has 3 aliphatic rings. The number of piperazine rings is 1. The van der Waals surface area contributed by atoms with Crippen LogP contribution in [-0.2, 0) is 4.79 Å². The lowest BCUT2D eigenvalue weighted by atomic mass is 9.90. The molecule has 5 heteroatoms. The quantitative estimate of drug-likeness (QED) is 0.723. The lowest BCUT2D eigenvalue weighted by Crippen LogP contribution is -2.53. The zero-order valence-corrected chi connectivity index (χ0v) is 13.2. The normalized spacial score (nSPS) is 32.7. The van der Waals surface area contributed by atoms with Crippen LogP contribution in [-0.4, -0.2) is 72.2 Å². The number of aliphatic hydroxyl groups excluding tert-OH is 1. The van der Waals surface area contributed by atoms with Crippen LogP contribution >= 0.6 is 0 Å². The van der Waals surface area contributed by atoms with Gasteiger partial charge in [0.15, 0.2) is 0 Å². The highest BCUT2D eigenvalue weighted by atomic mass is 16.3. The first-order valence-electron chi connectivity index (χ1n) is 8.53. The second-order valence-corrected chi connectivity index (χ2v) is 7.14. The Morgan fingerprint density at radius 2 is 2.00 bits per heavy atom. The van der Waals surface area contributed by atoms with Crippen molar-refractivity contribution in [1.82, 2.24) is 15.1 Å². The average molecular weight is 295 g/mol. The summed E-state index contributed by atoms with van der Waals surface area (Å²) in [5, 5.41) is 13.4. The van der Waals surface area contributed by atoms with E-state index in [9.17, 15) is 9.90 Å². The van der Waals surface area contributed by atoms with Gasteiger partial charge < -0.3 is 20.2 Å². The number of aliphatic hydroxyl groups is 1. The van der Waals surface area contributed by atoms with Crippen LogP contribution in [0.3, 0.4) is 0 Å². The summed E-state index contributed by atoms with van der Waals surface area (Å²) >= 11 is 0. The van der Waals surface area contributed by atoms with E-state index in [-0.39, 0.29) is 18.1 Å². The van der Waals surface area contributed by atoms with Gasteiger partial charge in [0.25, 0.3) is 0 Å². The van der Waals surface area contributed by atoms with Crippen molar-refractivity contribution in [2.45, 2.75) is 51.2 Å². The molecule has 3 fully saturated rings. The molecule has 5 nitrogen and oxygen atoms in total. The number of piperidine rings is 1. The minimum Gasteiger partial charge on any atom is -0.391 e. The Labute approximate surface area is 127 Å². The highest BCUT2D eigenvalue weighted by Crippen LogP contribution is 2.53. The van der Waals surface area contributed by atoms with Gasteiger partial charge >= 0.3 is 0 Å². The topological polar surface area (TPSA) is 55.8 Å². The minimum absolute atomic E-state index is 0.0225. The molecule has 0 bridgehead atoms. The van der Waals surface area contributed by atoms with Crippen LogP contribution in [0.2, 0.25) is 0 Å². The number of carbonyl (C=O) groups excluding carboxylic acids is 1. The summed E-state index contributed by atoms with van der Waals surface area (Å²) < 4.78 is 0. The van der Waals surface area contributed by atoms with Gasteiger partial charge in [-0.2, -0.15) is 0 Å². The molecule has 0 aromatic carbocycles.